The first-order chi connectivity index (χ1) is 8.63. The summed E-state index contributed by atoms with van der Waals surface area (Å²) >= 11 is 3.82. The molecule has 18 heavy (non-hydrogen) atoms. The van der Waals surface area contributed by atoms with Crippen LogP contribution in [0.5, 0.6) is 0 Å². The highest BCUT2D eigenvalue weighted by Crippen LogP contribution is 2.39. The fraction of sp³-hybridized carbons (Fsp3) is 0.625. The van der Waals surface area contributed by atoms with Gasteiger partial charge in [0.15, 0.2) is 0 Å². The number of rotatable bonds is 2. The SMILES string of the molecule is Cc1ccc(CN2C3CCC2CC(Br)C3)cc1C. The van der Waals surface area contributed by atoms with E-state index in [1.54, 1.807) is 0 Å². The second-order valence-electron chi connectivity index (χ2n) is 6.04. The van der Waals surface area contributed by atoms with Gasteiger partial charge in [0.05, 0.1) is 0 Å². The van der Waals surface area contributed by atoms with Gasteiger partial charge in [-0.3, -0.25) is 4.90 Å². The van der Waals surface area contributed by atoms with Crippen molar-refractivity contribution in [3.8, 4) is 0 Å². The molecule has 2 heteroatoms. The third kappa shape index (κ3) is 2.37. The zero-order chi connectivity index (χ0) is 12.7. The van der Waals surface area contributed by atoms with Gasteiger partial charge in [0.25, 0.3) is 0 Å². The lowest BCUT2D eigenvalue weighted by Crippen LogP contribution is -2.42. The molecule has 0 aromatic heterocycles. The predicted molar refractivity (Wildman–Crippen MR) is 80.2 cm³/mol. The van der Waals surface area contributed by atoms with Gasteiger partial charge in [-0.1, -0.05) is 34.1 Å². The monoisotopic (exact) mass is 307 g/mol. The van der Waals surface area contributed by atoms with Crippen molar-refractivity contribution in [1.82, 2.24) is 4.90 Å². The summed E-state index contributed by atoms with van der Waals surface area (Å²) in [5, 5.41) is 0. The Morgan fingerprint density at radius 3 is 2.39 bits per heavy atom. The average Bonchev–Trinajstić information content (AvgIpc) is 2.58. The van der Waals surface area contributed by atoms with E-state index in [1.807, 2.05) is 0 Å². The van der Waals surface area contributed by atoms with Crippen molar-refractivity contribution in [3.63, 3.8) is 0 Å². The number of halogens is 1. The minimum atomic E-state index is 0.756. The zero-order valence-corrected chi connectivity index (χ0v) is 12.9. The lowest BCUT2D eigenvalue weighted by molar-refractivity contribution is 0.137. The summed E-state index contributed by atoms with van der Waals surface area (Å²) in [5.41, 5.74) is 4.32. The number of hydrogen-bond acceptors (Lipinski definition) is 1. The van der Waals surface area contributed by atoms with E-state index in [2.05, 4.69) is 52.9 Å². The molecule has 0 amide bonds. The quantitative estimate of drug-likeness (QED) is 0.740. The maximum atomic E-state index is 3.82. The second kappa shape index (κ2) is 4.97. The van der Waals surface area contributed by atoms with E-state index in [0.717, 1.165) is 23.5 Å². The number of hydrogen-bond donors (Lipinski definition) is 0. The van der Waals surface area contributed by atoms with Gasteiger partial charge in [-0.2, -0.15) is 0 Å². The van der Waals surface area contributed by atoms with Crippen LogP contribution >= 0.6 is 15.9 Å². The molecule has 0 saturated carbocycles. The van der Waals surface area contributed by atoms with Crippen LogP contribution in [0, 0.1) is 13.8 Å². The maximum Gasteiger partial charge on any atom is 0.0239 e. The molecule has 0 spiro atoms. The second-order valence-corrected chi connectivity index (χ2v) is 7.34. The molecule has 0 radical (unpaired) electrons. The Morgan fingerprint density at radius 1 is 1.11 bits per heavy atom. The largest absolute Gasteiger partial charge is 0.293 e. The van der Waals surface area contributed by atoms with Crippen LogP contribution in [0.25, 0.3) is 0 Å². The van der Waals surface area contributed by atoms with Crippen molar-refractivity contribution < 1.29 is 0 Å². The van der Waals surface area contributed by atoms with Crippen LogP contribution in [-0.4, -0.2) is 21.8 Å². The van der Waals surface area contributed by atoms with Crippen LogP contribution in [0.15, 0.2) is 18.2 Å². The number of aryl methyl sites for hydroxylation is 2. The van der Waals surface area contributed by atoms with Gasteiger partial charge >= 0.3 is 0 Å². The van der Waals surface area contributed by atoms with Crippen LogP contribution in [0.2, 0.25) is 0 Å². The number of benzene rings is 1. The molecule has 2 aliphatic rings. The van der Waals surface area contributed by atoms with Crippen molar-refractivity contribution in [1.29, 1.82) is 0 Å². The van der Waals surface area contributed by atoms with Crippen LogP contribution in [0.1, 0.15) is 42.4 Å². The highest BCUT2D eigenvalue weighted by molar-refractivity contribution is 9.09. The Bertz CT molecular complexity index is 429. The van der Waals surface area contributed by atoms with Gasteiger partial charge in [0, 0.05) is 23.5 Å². The fourth-order valence-corrected chi connectivity index (χ4v) is 4.44. The Hall–Kier alpha value is -0.340. The molecule has 98 valence electrons. The molecule has 1 aromatic carbocycles. The summed E-state index contributed by atoms with van der Waals surface area (Å²) in [6.45, 7) is 5.56. The third-order valence-electron chi connectivity index (χ3n) is 4.76. The molecule has 1 aromatic rings. The summed E-state index contributed by atoms with van der Waals surface area (Å²) in [7, 11) is 0. The summed E-state index contributed by atoms with van der Waals surface area (Å²) in [5.74, 6) is 0. The van der Waals surface area contributed by atoms with E-state index < -0.39 is 0 Å². The summed E-state index contributed by atoms with van der Waals surface area (Å²) in [4.78, 5) is 3.51. The maximum absolute atomic E-state index is 3.82. The minimum Gasteiger partial charge on any atom is -0.293 e. The molecular formula is C16H22BrN. The van der Waals surface area contributed by atoms with Gasteiger partial charge in [0.1, 0.15) is 0 Å². The van der Waals surface area contributed by atoms with E-state index in [4.69, 9.17) is 0 Å². The van der Waals surface area contributed by atoms with Crippen LogP contribution in [0.4, 0.5) is 0 Å². The first-order valence-electron chi connectivity index (χ1n) is 7.09. The van der Waals surface area contributed by atoms with E-state index >= 15 is 0 Å². The molecule has 0 aliphatic carbocycles. The number of nitrogens with zero attached hydrogens (tertiary/aromatic N) is 1. The standard InChI is InChI=1S/C16H22BrN/c1-11-3-4-13(7-12(11)2)10-18-15-5-6-16(18)9-14(17)8-15/h3-4,7,14-16H,5-6,8-10H2,1-2H3. The van der Waals surface area contributed by atoms with Gasteiger partial charge in [-0.05, 0) is 56.2 Å². The average molecular weight is 308 g/mol. The van der Waals surface area contributed by atoms with E-state index in [1.165, 1.54) is 42.4 Å². The molecular weight excluding hydrogens is 286 g/mol. The highest BCUT2D eigenvalue weighted by Gasteiger charge is 2.39. The predicted octanol–water partition coefficient (Wildman–Crippen LogP) is 4.19. The van der Waals surface area contributed by atoms with Crippen molar-refractivity contribution >= 4 is 15.9 Å². The molecule has 2 saturated heterocycles. The van der Waals surface area contributed by atoms with Gasteiger partial charge in [-0.25, -0.2) is 0 Å². The lowest BCUT2D eigenvalue weighted by atomic mass is 10.0. The smallest absolute Gasteiger partial charge is 0.0239 e. The van der Waals surface area contributed by atoms with E-state index in [-0.39, 0.29) is 0 Å². The number of alkyl halides is 1. The fourth-order valence-electron chi connectivity index (χ4n) is 3.58. The topological polar surface area (TPSA) is 3.24 Å². The van der Waals surface area contributed by atoms with Crippen LogP contribution < -0.4 is 0 Å². The highest BCUT2D eigenvalue weighted by atomic mass is 79.9. The molecule has 2 aliphatic heterocycles. The van der Waals surface area contributed by atoms with Gasteiger partial charge < -0.3 is 0 Å². The Kier molecular flexibility index (Phi) is 3.50. The Balaban J connectivity index is 1.75. The summed E-state index contributed by atoms with van der Waals surface area (Å²) in [6, 6.07) is 8.57. The first kappa shape index (κ1) is 12.7. The molecule has 2 fully saturated rings. The molecule has 2 bridgehead atoms. The third-order valence-corrected chi connectivity index (χ3v) is 5.51. The Labute approximate surface area is 119 Å². The normalized spacial score (nSPS) is 31.8. The van der Waals surface area contributed by atoms with Crippen molar-refractivity contribution in [2.75, 3.05) is 0 Å². The molecule has 0 N–H and O–H groups in total. The molecule has 2 atom stereocenters. The van der Waals surface area contributed by atoms with Crippen molar-refractivity contribution in [2.24, 2.45) is 0 Å². The number of fused-ring (bicyclic) bond motifs is 2. The van der Waals surface area contributed by atoms with Crippen LogP contribution in [0.3, 0.4) is 0 Å². The summed E-state index contributed by atoms with van der Waals surface area (Å²) < 4.78 is 0. The molecule has 1 nitrogen and oxygen atoms in total. The first-order valence-corrected chi connectivity index (χ1v) is 8.01. The van der Waals surface area contributed by atoms with E-state index in [0.29, 0.717) is 0 Å². The van der Waals surface area contributed by atoms with Gasteiger partial charge in [0.2, 0.25) is 0 Å². The summed E-state index contributed by atoms with van der Waals surface area (Å²) in [6.07, 6.45) is 5.47. The van der Waals surface area contributed by atoms with Crippen molar-refractivity contribution in [3.05, 3.63) is 34.9 Å². The molecule has 2 heterocycles. The Morgan fingerprint density at radius 2 is 1.78 bits per heavy atom. The minimum absolute atomic E-state index is 0.756. The zero-order valence-electron chi connectivity index (χ0n) is 11.3. The van der Waals surface area contributed by atoms with E-state index in [9.17, 15) is 0 Å². The van der Waals surface area contributed by atoms with Crippen molar-refractivity contribution in [2.45, 2.75) is 63.0 Å². The number of piperidine rings is 1. The van der Waals surface area contributed by atoms with Crippen LogP contribution in [-0.2, 0) is 6.54 Å². The molecule has 3 rings (SSSR count). The molecule has 2 unspecified atom stereocenters. The van der Waals surface area contributed by atoms with Gasteiger partial charge in [-0.15, -0.1) is 0 Å². The lowest BCUT2D eigenvalue weighted by Gasteiger charge is -2.37.